The van der Waals surface area contributed by atoms with Gasteiger partial charge >= 0.3 is 0 Å². The average Bonchev–Trinajstić information content (AvgIpc) is 2.59. The maximum absolute atomic E-state index is 6.03. The monoisotopic (exact) mass is 388 g/mol. The molecule has 0 aliphatic carbocycles. The summed E-state index contributed by atoms with van der Waals surface area (Å²) in [5.74, 6) is 1.89. The molecule has 1 heterocycles. The second kappa shape index (κ2) is 12.7. The molecular formula is C19H34Cl2N4. The molecule has 0 aliphatic rings. The molecule has 0 radical (unpaired) electrons. The fourth-order valence-corrected chi connectivity index (χ4v) is 3.51. The normalized spacial score (nSPS) is 13.7. The van der Waals surface area contributed by atoms with Gasteiger partial charge in [0, 0.05) is 13.1 Å². The van der Waals surface area contributed by atoms with Crippen molar-refractivity contribution in [3.63, 3.8) is 0 Å². The third kappa shape index (κ3) is 8.54. The van der Waals surface area contributed by atoms with Crippen LogP contribution in [0.25, 0.3) is 0 Å². The molecule has 0 N–H and O–H groups in total. The number of halogens is 2. The Hall–Kier alpha value is -0.610. The molecule has 0 spiro atoms. The summed E-state index contributed by atoms with van der Waals surface area (Å²) in [7, 11) is 0. The molecule has 0 aromatic carbocycles. The molecule has 1 aromatic heterocycles. The molecule has 25 heavy (non-hydrogen) atoms. The minimum absolute atomic E-state index is 0.170. The van der Waals surface area contributed by atoms with E-state index in [2.05, 4.69) is 47.5 Å². The van der Waals surface area contributed by atoms with Gasteiger partial charge in [-0.25, -0.2) is 0 Å². The summed E-state index contributed by atoms with van der Waals surface area (Å²) in [6, 6.07) is 0. The van der Waals surface area contributed by atoms with E-state index in [0.717, 1.165) is 25.9 Å². The van der Waals surface area contributed by atoms with Crippen molar-refractivity contribution in [3.05, 3.63) is 10.6 Å². The summed E-state index contributed by atoms with van der Waals surface area (Å²) < 4.78 is 0. The first-order chi connectivity index (χ1) is 12.0. The van der Waals surface area contributed by atoms with E-state index >= 15 is 0 Å². The van der Waals surface area contributed by atoms with Crippen LogP contribution in [0.4, 0.5) is 5.95 Å². The Labute approximate surface area is 163 Å². The zero-order valence-corrected chi connectivity index (χ0v) is 17.8. The van der Waals surface area contributed by atoms with Gasteiger partial charge in [0.25, 0.3) is 0 Å². The average molecular weight is 389 g/mol. The van der Waals surface area contributed by atoms with Crippen molar-refractivity contribution in [3.8, 4) is 0 Å². The first-order valence-electron chi connectivity index (χ1n) is 9.85. The summed E-state index contributed by atoms with van der Waals surface area (Å²) in [5.41, 5.74) is 0. The number of anilines is 1. The van der Waals surface area contributed by atoms with Gasteiger partial charge in [-0.1, -0.05) is 66.2 Å². The van der Waals surface area contributed by atoms with Crippen molar-refractivity contribution in [2.45, 2.75) is 79.1 Å². The molecule has 144 valence electrons. The summed E-state index contributed by atoms with van der Waals surface area (Å²) in [6.45, 7) is 10.9. The fraction of sp³-hybridized carbons (Fsp3) is 0.842. The number of unbranched alkanes of at least 4 members (excludes halogenated alkanes) is 2. The smallest absolute Gasteiger partial charge is 0.230 e. The summed E-state index contributed by atoms with van der Waals surface area (Å²) in [4.78, 5) is 14.9. The third-order valence-electron chi connectivity index (χ3n) is 4.90. The molecule has 4 nitrogen and oxygen atoms in total. The Morgan fingerprint density at radius 3 is 1.56 bits per heavy atom. The highest BCUT2D eigenvalue weighted by atomic mass is 35.5. The van der Waals surface area contributed by atoms with E-state index < -0.39 is 0 Å². The summed E-state index contributed by atoms with van der Waals surface area (Å²) in [5, 5.41) is 0.339. The molecule has 2 unspecified atom stereocenters. The molecule has 1 aromatic rings. The molecule has 0 amide bonds. The van der Waals surface area contributed by atoms with E-state index in [1.165, 1.54) is 38.5 Å². The van der Waals surface area contributed by atoms with Gasteiger partial charge in [0.2, 0.25) is 16.5 Å². The van der Waals surface area contributed by atoms with Gasteiger partial charge in [-0.3, -0.25) is 0 Å². The number of rotatable bonds is 13. The predicted octanol–water partition coefficient (Wildman–Crippen LogP) is 6.42. The van der Waals surface area contributed by atoms with Crippen LogP contribution in [-0.4, -0.2) is 28.0 Å². The SMILES string of the molecule is CCCCC(CC)CN(CC(CC)CCCC)c1nc(Cl)nc(Cl)n1. The molecule has 1 rings (SSSR count). The van der Waals surface area contributed by atoms with Gasteiger partial charge in [-0.15, -0.1) is 0 Å². The number of aromatic nitrogens is 3. The van der Waals surface area contributed by atoms with Crippen LogP contribution < -0.4 is 4.90 Å². The van der Waals surface area contributed by atoms with Gasteiger partial charge in [0.1, 0.15) is 0 Å². The van der Waals surface area contributed by atoms with Crippen LogP contribution in [0.5, 0.6) is 0 Å². The quantitative estimate of drug-likeness (QED) is 0.390. The van der Waals surface area contributed by atoms with E-state index in [1.54, 1.807) is 0 Å². The van der Waals surface area contributed by atoms with Crippen molar-refractivity contribution >= 4 is 29.2 Å². The van der Waals surface area contributed by atoms with E-state index in [1.807, 2.05) is 0 Å². The Morgan fingerprint density at radius 1 is 0.760 bits per heavy atom. The standard InChI is InChI=1S/C19H34Cl2N4/c1-5-9-11-15(7-3)13-25(14-16(8-4)12-10-6-2)19-23-17(20)22-18(21)24-19/h15-16H,5-14H2,1-4H3. The Balaban J connectivity index is 2.95. The lowest BCUT2D eigenvalue weighted by atomic mass is 9.96. The Morgan fingerprint density at radius 2 is 1.20 bits per heavy atom. The van der Waals surface area contributed by atoms with Crippen LogP contribution in [0.15, 0.2) is 0 Å². The highest BCUT2D eigenvalue weighted by molar-refractivity contribution is 6.31. The number of nitrogens with zero attached hydrogens (tertiary/aromatic N) is 4. The summed E-state index contributed by atoms with van der Waals surface area (Å²) >= 11 is 12.1. The highest BCUT2D eigenvalue weighted by Crippen LogP contribution is 2.23. The molecular weight excluding hydrogens is 355 g/mol. The van der Waals surface area contributed by atoms with Crippen molar-refractivity contribution < 1.29 is 0 Å². The van der Waals surface area contributed by atoms with Crippen LogP contribution in [0.1, 0.15) is 79.1 Å². The maximum Gasteiger partial charge on any atom is 0.230 e. The Bertz CT molecular complexity index is 446. The third-order valence-corrected chi connectivity index (χ3v) is 5.23. The fourth-order valence-electron chi connectivity index (χ4n) is 3.15. The minimum atomic E-state index is 0.170. The lowest BCUT2D eigenvalue weighted by Crippen LogP contribution is -2.35. The van der Waals surface area contributed by atoms with E-state index in [4.69, 9.17) is 23.2 Å². The van der Waals surface area contributed by atoms with E-state index in [0.29, 0.717) is 17.8 Å². The highest BCUT2D eigenvalue weighted by Gasteiger charge is 2.20. The first-order valence-corrected chi connectivity index (χ1v) is 10.6. The topological polar surface area (TPSA) is 41.9 Å². The number of hydrogen-bond donors (Lipinski definition) is 0. The van der Waals surface area contributed by atoms with Crippen molar-refractivity contribution in [2.24, 2.45) is 11.8 Å². The second-order valence-corrected chi connectivity index (χ2v) is 7.59. The second-order valence-electron chi connectivity index (χ2n) is 6.91. The molecule has 2 atom stereocenters. The molecule has 0 fully saturated rings. The molecule has 0 saturated carbocycles. The van der Waals surface area contributed by atoms with E-state index in [-0.39, 0.29) is 10.6 Å². The van der Waals surface area contributed by atoms with Gasteiger partial charge in [-0.2, -0.15) is 15.0 Å². The van der Waals surface area contributed by atoms with Crippen LogP contribution in [0.3, 0.4) is 0 Å². The van der Waals surface area contributed by atoms with Crippen LogP contribution >= 0.6 is 23.2 Å². The zero-order chi connectivity index (χ0) is 18.7. The largest absolute Gasteiger partial charge is 0.340 e. The molecule has 0 bridgehead atoms. The summed E-state index contributed by atoms with van der Waals surface area (Å²) in [6.07, 6.45) is 9.78. The minimum Gasteiger partial charge on any atom is -0.340 e. The lowest BCUT2D eigenvalue weighted by Gasteiger charge is -2.30. The molecule has 0 saturated heterocycles. The van der Waals surface area contributed by atoms with Crippen LogP contribution in [0, 0.1) is 11.8 Å². The maximum atomic E-state index is 6.03. The Kier molecular flexibility index (Phi) is 11.4. The van der Waals surface area contributed by atoms with Crippen molar-refractivity contribution in [1.29, 1.82) is 0 Å². The van der Waals surface area contributed by atoms with Crippen molar-refractivity contribution in [1.82, 2.24) is 15.0 Å². The zero-order valence-electron chi connectivity index (χ0n) is 16.3. The molecule has 6 heteroatoms. The van der Waals surface area contributed by atoms with Crippen LogP contribution in [-0.2, 0) is 0 Å². The van der Waals surface area contributed by atoms with Gasteiger partial charge in [0.15, 0.2) is 0 Å². The van der Waals surface area contributed by atoms with E-state index in [9.17, 15) is 0 Å². The van der Waals surface area contributed by atoms with Crippen LogP contribution in [0.2, 0.25) is 10.6 Å². The molecule has 0 aliphatic heterocycles. The van der Waals surface area contributed by atoms with Gasteiger partial charge < -0.3 is 4.90 Å². The lowest BCUT2D eigenvalue weighted by molar-refractivity contribution is 0.400. The van der Waals surface area contributed by atoms with Gasteiger partial charge in [0.05, 0.1) is 0 Å². The van der Waals surface area contributed by atoms with Crippen molar-refractivity contribution in [2.75, 3.05) is 18.0 Å². The first kappa shape index (κ1) is 22.4. The number of hydrogen-bond acceptors (Lipinski definition) is 4. The van der Waals surface area contributed by atoms with Gasteiger partial charge in [-0.05, 0) is 47.9 Å². The predicted molar refractivity (Wildman–Crippen MR) is 109 cm³/mol.